The Morgan fingerprint density at radius 1 is 1.07 bits per heavy atom. The fraction of sp³-hybridized carbons (Fsp3) is 0.389. The van der Waals surface area contributed by atoms with Gasteiger partial charge in [0.25, 0.3) is 0 Å². The molecule has 0 unspecified atom stereocenters. The van der Waals surface area contributed by atoms with E-state index in [1.165, 1.54) is 6.33 Å². The number of aromatic amines is 1. The second-order valence-corrected chi connectivity index (χ2v) is 6.84. The zero-order valence-corrected chi connectivity index (χ0v) is 14.5. The Labute approximate surface area is 153 Å². The average Bonchev–Trinajstić information content (AvgIpc) is 3.16. The first-order valence-corrected chi connectivity index (χ1v) is 8.70. The Balaban J connectivity index is 1.56. The van der Waals surface area contributed by atoms with Crippen LogP contribution in [0.25, 0.3) is 11.2 Å². The molecule has 0 aliphatic carbocycles. The summed E-state index contributed by atoms with van der Waals surface area (Å²) >= 11 is 0. The summed E-state index contributed by atoms with van der Waals surface area (Å²) in [6.45, 7) is 1.77. The van der Waals surface area contributed by atoms with Crippen LogP contribution in [0.1, 0.15) is 24.0 Å². The highest BCUT2D eigenvalue weighted by atomic mass is 19.4. The van der Waals surface area contributed by atoms with Crippen molar-refractivity contribution in [1.82, 2.24) is 19.9 Å². The van der Waals surface area contributed by atoms with E-state index in [4.69, 9.17) is 5.73 Å². The lowest BCUT2D eigenvalue weighted by atomic mass is 9.72. The number of nitrogens with two attached hydrogens (primary N) is 1. The number of nitrogens with zero attached hydrogens (tertiary/aromatic N) is 4. The molecule has 27 heavy (non-hydrogen) atoms. The maximum absolute atomic E-state index is 12.8. The van der Waals surface area contributed by atoms with E-state index in [1.807, 2.05) is 0 Å². The highest BCUT2D eigenvalue weighted by Gasteiger charge is 2.37. The van der Waals surface area contributed by atoms with Gasteiger partial charge in [0.2, 0.25) is 0 Å². The van der Waals surface area contributed by atoms with E-state index < -0.39 is 11.7 Å². The fourth-order valence-corrected chi connectivity index (χ4v) is 3.75. The van der Waals surface area contributed by atoms with Gasteiger partial charge < -0.3 is 15.6 Å². The summed E-state index contributed by atoms with van der Waals surface area (Å²) in [5.41, 5.74) is 7.34. The Kier molecular flexibility index (Phi) is 4.26. The van der Waals surface area contributed by atoms with Gasteiger partial charge in [0.1, 0.15) is 11.8 Å². The number of piperidine rings is 1. The third-order valence-electron chi connectivity index (χ3n) is 5.43. The fourth-order valence-electron chi connectivity index (χ4n) is 3.75. The normalized spacial score (nSPS) is 17.4. The Hall–Kier alpha value is -2.68. The van der Waals surface area contributed by atoms with E-state index in [9.17, 15) is 13.2 Å². The number of hydrogen-bond donors (Lipinski definition) is 2. The van der Waals surface area contributed by atoms with E-state index >= 15 is 0 Å². The van der Waals surface area contributed by atoms with Crippen LogP contribution < -0.4 is 10.6 Å². The third kappa shape index (κ3) is 3.12. The van der Waals surface area contributed by atoms with Gasteiger partial charge in [-0.2, -0.15) is 13.2 Å². The van der Waals surface area contributed by atoms with Gasteiger partial charge in [-0.3, -0.25) is 0 Å². The molecular weight excluding hydrogens is 357 g/mol. The number of hydrogen-bond acceptors (Lipinski definition) is 5. The molecule has 0 saturated carbocycles. The molecule has 4 rings (SSSR count). The van der Waals surface area contributed by atoms with Crippen molar-refractivity contribution in [2.45, 2.75) is 24.4 Å². The predicted molar refractivity (Wildman–Crippen MR) is 95.3 cm³/mol. The first-order valence-electron chi connectivity index (χ1n) is 8.70. The number of alkyl halides is 3. The maximum Gasteiger partial charge on any atom is 0.416 e. The van der Waals surface area contributed by atoms with Crippen molar-refractivity contribution in [1.29, 1.82) is 0 Å². The van der Waals surface area contributed by atoms with Crippen molar-refractivity contribution in [2.75, 3.05) is 24.5 Å². The first kappa shape index (κ1) is 17.7. The quantitative estimate of drug-likeness (QED) is 0.734. The van der Waals surface area contributed by atoms with Gasteiger partial charge in [0.15, 0.2) is 11.5 Å². The predicted octanol–water partition coefficient (Wildman–Crippen LogP) is 2.87. The molecule has 1 saturated heterocycles. The number of anilines is 1. The van der Waals surface area contributed by atoms with Crippen molar-refractivity contribution in [3.05, 3.63) is 48.0 Å². The summed E-state index contributed by atoms with van der Waals surface area (Å²) in [5.74, 6) is 0.763. The van der Waals surface area contributed by atoms with Crippen LogP contribution >= 0.6 is 0 Å². The number of H-pyrrole nitrogens is 1. The lowest BCUT2D eigenvalue weighted by Crippen LogP contribution is -2.47. The molecule has 0 amide bonds. The van der Waals surface area contributed by atoms with Crippen LogP contribution in [0.15, 0.2) is 36.9 Å². The Morgan fingerprint density at radius 2 is 1.78 bits per heavy atom. The molecule has 1 aliphatic heterocycles. The van der Waals surface area contributed by atoms with Gasteiger partial charge in [-0.1, -0.05) is 12.1 Å². The van der Waals surface area contributed by atoms with Gasteiger partial charge >= 0.3 is 6.18 Å². The topological polar surface area (TPSA) is 83.7 Å². The number of imidazole rings is 1. The molecule has 3 aromatic rings. The highest BCUT2D eigenvalue weighted by Crippen LogP contribution is 2.38. The van der Waals surface area contributed by atoms with Gasteiger partial charge in [0.05, 0.1) is 11.9 Å². The molecular formula is C18H19F3N6. The third-order valence-corrected chi connectivity index (χ3v) is 5.43. The summed E-state index contributed by atoms with van der Waals surface area (Å²) in [4.78, 5) is 17.9. The number of fused-ring (bicyclic) bond motifs is 1. The molecule has 0 bridgehead atoms. The number of rotatable bonds is 3. The van der Waals surface area contributed by atoms with Gasteiger partial charge in [-0.15, -0.1) is 0 Å². The standard InChI is InChI=1S/C18H19F3N6/c19-18(20,21)13-3-1-12(2-4-13)17(9-22)5-7-27(8-6-17)16-14-15(24-10-23-14)25-11-26-16/h1-4,10-11H,5-9,22H2,(H,23,24,25,26). The Bertz CT molecular complexity index is 926. The molecule has 0 spiro atoms. The average molecular weight is 376 g/mol. The van der Waals surface area contributed by atoms with Crippen LogP contribution in [-0.2, 0) is 11.6 Å². The zero-order valence-electron chi connectivity index (χ0n) is 14.5. The molecule has 1 fully saturated rings. The summed E-state index contributed by atoms with van der Waals surface area (Å²) in [5, 5.41) is 0. The maximum atomic E-state index is 12.8. The van der Waals surface area contributed by atoms with Crippen molar-refractivity contribution >= 4 is 17.0 Å². The van der Waals surface area contributed by atoms with Crippen molar-refractivity contribution in [3.63, 3.8) is 0 Å². The lowest BCUT2D eigenvalue weighted by molar-refractivity contribution is -0.137. The molecule has 1 aliphatic rings. The van der Waals surface area contributed by atoms with Gasteiger partial charge in [-0.25, -0.2) is 15.0 Å². The number of benzene rings is 1. The summed E-state index contributed by atoms with van der Waals surface area (Å²) < 4.78 is 38.5. The molecule has 9 heteroatoms. The SMILES string of the molecule is NCC1(c2ccc(C(F)(F)F)cc2)CCN(c2ncnc3[nH]cnc23)CC1. The molecule has 6 nitrogen and oxygen atoms in total. The van der Waals surface area contributed by atoms with E-state index in [-0.39, 0.29) is 5.41 Å². The monoisotopic (exact) mass is 376 g/mol. The van der Waals surface area contributed by atoms with Crippen molar-refractivity contribution in [2.24, 2.45) is 5.73 Å². The Morgan fingerprint density at radius 3 is 2.41 bits per heavy atom. The molecule has 1 aromatic carbocycles. The van der Waals surface area contributed by atoms with Crippen molar-refractivity contribution in [3.8, 4) is 0 Å². The second-order valence-electron chi connectivity index (χ2n) is 6.84. The van der Waals surface area contributed by atoms with Gasteiger partial charge in [-0.05, 0) is 30.5 Å². The largest absolute Gasteiger partial charge is 0.416 e. The molecule has 3 N–H and O–H groups in total. The summed E-state index contributed by atoms with van der Waals surface area (Å²) in [6.07, 6.45) is 0.199. The molecule has 3 heterocycles. The van der Waals surface area contributed by atoms with Gasteiger partial charge in [0, 0.05) is 25.0 Å². The lowest BCUT2D eigenvalue weighted by Gasteiger charge is -2.42. The second kappa shape index (κ2) is 6.49. The highest BCUT2D eigenvalue weighted by molar-refractivity contribution is 5.82. The molecule has 0 atom stereocenters. The van der Waals surface area contributed by atoms with Crippen LogP contribution in [0.4, 0.5) is 19.0 Å². The minimum absolute atomic E-state index is 0.335. The summed E-state index contributed by atoms with van der Waals surface area (Å²) in [7, 11) is 0. The van der Waals surface area contributed by atoms with E-state index in [2.05, 4.69) is 24.8 Å². The first-order chi connectivity index (χ1) is 12.9. The molecule has 2 aromatic heterocycles. The van der Waals surface area contributed by atoms with E-state index in [0.717, 1.165) is 36.4 Å². The van der Waals surface area contributed by atoms with Crippen LogP contribution in [0.5, 0.6) is 0 Å². The van der Waals surface area contributed by atoms with Crippen LogP contribution in [-0.4, -0.2) is 39.6 Å². The molecule has 142 valence electrons. The van der Waals surface area contributed by atoms with Crippen molar-refractivity contribution < 1.29 is 13.2 Å². The van der Waals surface area contributed by atoms with Crippen LogP contribution in [0.3, 0.4) is 0 Å². The zero-order chi connectivity index (χ0) is 19.1. The summed E-state index contributed by atoms with van der Waals surface area (Å²) in [6, 6.07) is 5.39. The number of nitrogens with one attached hydrogen (secondary N) is 1. The van der Waals surface area contributed by atoms with Crippen LogP contribution in [0, 0.1) is 0 Å². The number of halogens is 3. The minimum Gasteiger partial charge on any atom is -0.355 e. The van der Waals surface area contributed by atoms with E-state index in [0.29, 0.717) is 30.8 Å². The number of aromatic nitrogens is 4. The molecule has 0 radical (unpaired) electrons. The minimum atomic E-state index is -4.33. The van der Waals surface area contributed by atoms with Crippen LogP contribution in [0.2, 0.25) is 0 Å². The smallest absolute Gasteiger partial charge is 0.355 e. The van der Waals surface area contributed by atoms with E-state index in [1.54, 1.807) is 18.5 Å².